The van der Waals surface area contributed by atoms with Gasteiger partial charge >= 0.3 is 0 Å². The van der Waals surface area contributed by atoms with E-state index in [9.17, 15) is 0 Å². The monoisotopic (exact) mass is 258 g/mol. The number of ether oxygens (including phenoxy) is 1. The minimum atomic E-state index is 0.531. The number of hydrogen-bond acceptors (Lipinski definition) is 4. The Balaban J connectivity index is 1.70. The molecule has 2 aromatic rings. The highest BCUT2D eigenvalue weighted by atomic mass is 16.5. The molecule has 0 saturated carbocycles. The third-order valence-electron chi connectivity index (χ3n) is 3.48. The van der Waals surface area contributed by atoms with E-state index in [0.717, 1.165) is 36.4 Å². The summed E-state index contributed by atoms with van der Waals surface area (Å²) in [6, 6.07) is 8.33. The van der Waals surface area contributed by atoms with E-state index in [-0.39, 0.29) is 0 Å². The van der Waals surface area contributed by atoms with Crippen molar-refractivity contribution in [3.63, 3.8) is 0 Å². The second-order valence-corrected chi connectivity index (χ2v) is 5.15. The molecule has 0 amide bonds. The normalized spacial score (nSPS) is 15.3. The molecule has 0 spiro atoms. The third-order valence-corrected chi connectivity index (χ3v) is 3.48. The zero-order valence-corrected chi connectivity index (χ0v) is 11.3. The maximum atomic E-state index is 5.79. The third kappa shape index (κ3) is 2.63. The second-order valence-electron chi connectivity index (χ2n) is 5.15. The maximum absolute atomic E-state index is 5.79. The number of aromatic nitrogens is 1. The Morgan fingerprint density at radius 1 is 1.32 bits per heavy atom. The van der Waals surface area contributed by atoms with Crippen LogP contribution in [0.2, 0.25) is 0 Å². The van der Waals surface area contributed by atoms with Crippen molar-refractivity contribution in [2.24, 2.45) is 0 Å². The van der Waals surface area contributed by atoms with Crippen molar-refractivity contribution in [1.29, 1.82) is 0 Å². The predicted octanol–water partition coefficient (Wildman–Crippen LogP) is 2.55. The van der Waals surface area contributed by atoms with E-state index in [2.05, 4.69) is 48.3 Å². The Morgan fingerprint density at radius 3 is 2.89 bits per heavy atom. The maximum Gasteiger partial charge on any atom is 0.259 e. The predicted molar refractivity (Wildman–Crippen MR) is 72.1 cm³/mol. The van der Waals surface area contributed by atoms with Crippen LogP contribution in [-0.4, -0.2) is 23.6 Å². The molecular formula is C15H18N2O2. The molecule has 2 heterocycles. The topological polar surface area (TPSA) is 38.5 Å². The first-order chi connectivity index (χ1) is 9.22. The van der Waals surface area contributed by atoms with Gasteiger partial charge in [0.25, 0.3) is 5.88 Å². The van der Waals surface area contributed by atoms with E-state index >= 15 is 0 Å². The summed E-state index contributed by atoms with van der Waals surface area (Å²) in [6.45, 7) is 4.47. The highest BCUT2D eigenvalue weighted by Gasteiger charge is 2.23. The molecule has 0 atom stereocenters. The molecule has 100 valence electrons. The first-order valence-corrected chi connectivity index (χ1v) is 6.56. The van der Waals surface area contributed by atoms with E-state index in [1.54, 1.807) is 0 Å². The van der Waals surface area contributed by atoms with Crippen LogP contribution in [0.3, 0.4) is 0 Å². The van der Waals surface area contributed by atoms with Gasteiger partial charge in [-0.2, -0.15) is 0 Å². The highest BCUT2D eigenvalue weighted by molar-refractivity contribution is 5.30. The SMILES string of the molecule is Cc1ccc(COc2noc3c2CN(C)CC3)cc1. The summed E-state index contributed by atoms with van der Waals surface area (Å²) in [6.07, 6.45) is 0.909. The Kier molecular flexibility index (Phi) is 3.25. The molecule has 0 N–H and O–H groups in total. The van der Waals surface area contributed by atoms with Gasteiger partial charge in [-0.1, -0.05) is 29.8 Å². The highest BCUT2D eigenvalue weighted by Crippen LogP contribution is 2.27. The first-order valence-electron chi connectivity index (χ1n) is 6.56. The van der Waals surface area contributed by atoms with Crippen LogP contribution in [0.1, 0.15) is 22.5 Å². The van der Waals surface area contributed by atoms with E-state index in [1.165, 1.54) is 5.56 Å². The van der Waals surface area contributed by atoms with Crippen molar-refractivity contribution in [2.45, 2.75) is 26.5 Å². The van der Waals surface area contributed by atoms with Gasteiger partial charge in [0.1, 0.15) is 12.4 Å². The largest absolute Gasteiger partial charge is 0.470 e. The van der Waals surface area contributed by atoms with Crippen LogP contribution in [0.4, 0.5) is 0 Å². The molecule has 1 aromatic heterocycles. The molecule has 19 heavy (non-hydrogen) atoms. The summed E-state index contributed by atoms with van der Waals surface area (Å²) in [5, 5.41) is 4.04. The summed E-state index contributed by atoms with van der Waals surface area (Å²) >= 11 is 0. The quantitative estimate of drug-likeness (QED) is 0.848. The van der Waals surface area contributed by atoms with Crippen molar-refractivity contribution in [2.75, 3.05) is 13.6 Å². The number of aryl methyl sites for hydroxylation is 1. The Bertz CT molecular complexity index is 560. The molecule has 0 unspecified atom stereocenters. The zero-order chi connectivity index (χ0) is 13.2. The lowest BCUT2D eigenvalue weighted by molar-refractivity contribution is 0.265. The Labute approximate surface area is 113 Å². The molecule has 0 radical (unpaired) electrons. The van der Waals surface area contributed by atoms with Crippen LogP contribution in [0, 0.1) is 6.92 Å². The van der Waals surface area contributed by atoms with Crippen LogP contribution in [-0.2, 0) is 19.6 Å². The van der Waals surface area contributed by atoms with E-state index in [0.29, 0.717) is 12.5 Å². The van der Waals surface area contributed by atoms with Crippen LogP contribution in [0.15, 0.2) is 28.8 Å². The van der Waals surface area contributed by atoms with Gasteiger partial charge in [0, 0.05) is 19.5 Å². The van der Waals surface area contributed by atoms with Crippen LogP contribution in [0.25, 0.3) is 0 Å². The number of benzene rings is 1. The summed E-state index contributed by atoms with van der Waals surface area (Å²) in [5.41, 5.74) is 3.50. The lowest BCUT2D eigenvalue weighted by Crippen LogP contribution is -2.25. The summed E-state index contributed by atoms with van der Waals surface area (Å²) < 4.78 is 11.1. The molecule has 0 fully saturated rings. The number of nitrogens with zero attached hydrogens (tertiary/aromatic N) is 2. The lowest BCUT2D eigenvalue weighted by Gasteiger charge is -2.20. The van der Waals surface area contributed by atoms with Gasteiger partial charge in [-0.3, -0.25) is 0 Å². The van der Waals surface area contributed by atoms with Crippen molar-refractivity contribution >= 4 is 0 Å². The van der Waals surface area contributed by atoms with Crippen LogP contribution >= 0.6 is 0 Å². The molecular weight excluding hydrogens is 240 g/mol. The van der Waals surface area contributed by atoms with Gasteiger partial charge in [0.05, 0.1) is 5.56 Å². The van der Waals surface area contributed by atoms with Crippen LogP contribution < -0.4 is 4.74 Å². The molecule has 1 aliphatic rings. The molecule has 0 bridgehead atoms. The van der Waals surface area contributed by atoms with Crippen molar-refractivity contribution in [3.8, 4) is 5.88 Å². The summed E-state index contributed by atoms with van der Waals surface area (Å²) in [7, 11) is 2.10. The average molecular weight is 258 g/mol. The minimum Gasteiger partial charge on any atom is -0.470 e. The van der Waals surface area contributed by atoms with Crippen molar-refractivity contribution in [3.05, 3.63) is 46.7 Å². The number of likely N-dealkylation sites (N-methyl/N-ethyl adjacent to an activating group) is 1. The molecule has 0 saturated heterocycles. The molecule has 1 aliphatic heterocycles. The van der Waals surface area contributed by atoms with Gasteiger partial charge in [0.15, 0.2) is 0 Å². The fourth-order valence-electron chi connectivity index (χ4n) is 2.27. The fourth-order valence-corrected chi connectivity index (χ4v) is 2.27. The molecule has 1 aromatic carbocycles. The van der Waals surface area contributed by atoms with Crippen LogP contribution in [0.5, 0.6) is 5.88 Å². The lowest BCUT2D eigenvalue weighted by atomic mass is 10.1. The number of rotatable bonds is 3. The first kappa shape index (κ1) is 12.2. The average Bonchev–Trinajstić information content (AvgIpc) is 2.80. The molecule has 4 nitrogen and oxygen atoms in total. The van der Waals surface area contributed by atoms with Crippen molar-refractivity contribution < 1.29 is 9.26 Å². The van der Waals surface area contributed by atoms with Gasteiger partial charge in [0.2, 0.25) is 0 Å². The standard InChI is InChI=1S/C15H18N2O2/c1-11-3-5-12(6-4-11)10-18-15-13-9-17(2)8-7-14(13)19-16-15/h3-6H,7-10H2,1-2H3. The number of hydrogen-bond donors (Lipinski definition) is 0. The summed E-state index contributed by atoms with van der Waals surface area (Å²) in [5.74, 6) is 1.61. The summed E-state index contributed by atoms with van der Waals surface area (Å²) in [4.78, 5) is 2.25. The molecule has 3 rings (SSSR count). The van der Waals surface area contributed by atoms with Gasteiger partial charge in [-0.25, -0.2) is 0 Å². The fraction of sp³-hybridized carbons (Fsp3) is 0.400. The Hall–Kier alpha value is -1.81. The Morgan fingerprint density at radius 2 is 2.11 bits per heavy atom. The molecule has 4 heteroatoms. The molecule has 0 aliphatic carbocycles. The van der Waals surface area contributed by atoms with Gasteiger partial charge in [-0.15, -0.1) is 0 Å². The van der Waals surface area contributed by atoms with Crippen molar-refractivity contribution in [1.82, 2.24) is 10.1 Å². The minimum absolute atomic E-state index is 0.531. The van der Waals surface area contributed by atoms with E-state index < -0.39 is 0 Å². The number of fused-ring (bicyclic) bond motifs is 1. The second kappa shape index (κ2) is 5.05. The smallest absolute Gasteiger partial charge is 0.259 e. The zero-order valence-electron chi connectivity index (χ0n) is 11.3. The van der Waals surface area contributed by atoms with E-state index in [4.69, 9.17) is 9.26 Å². The van der Waals surface area contributed by atoms with Gasteiger partial charge in [-0.05, 0) is 24.7 Å². The van der Waals surface area contributed by atoms with Gasteiger partial charge < -0.3 is 14.2 Å². The van der Waals surface area contributed by atoms with E-state index in [1.807, 2.05) is 0 Å².